The van der Waals surface area contributed by atoms with Gasteiger partial charge in [0.05, 0.1) is 11.4 Å². The fourth-order valence-corrected chi connectivity index (χ4v) is 5.13. The number of aromatic nitrogens is 3. The van der Waals surface area contributed by atoms with Crippen LogP contribution in [0.1, 0.15) is 30.7 Å². The minimum absolute atomic E-state index is 0. The minimum Gasteiger partial charge on any atom is -0.352 e. The van der Waals surface area contributed by atoms with E-state index in [4.69, 9.17) is 0 Å². The highest BCUT2D eigenvalue weighted by Crippen LogP contribution is 2.20. The average Bonchev–Trinajstić information content (AvgIpc) is 3.23. The zero-order valence-corrected chi connectivity index (χ0v) is 21.1. The fourth-order valence-electron chi connectivity index (χ4n) is 3.61. The van der Waals surface area contributed by atoms with Gasteiger partial charge in [0, 0.05) is 32.9 Å². The maximum Gasteiger partial charge on any atom is 0.243 e. The van der Waals surface area contributed by atoms with Crippen LogP contribution < -0.4 is 10.6 Å². The van der Waals surface area contributed by atoms with Crippen molar-refractivity contribution in [3.63, 3.8) is 0 Å². The van der Waals surface area contributed by atoms with Crippen molar-refractivity contribution in [1.82, 2.24) is 29.5 Å². The second kappa shape index (κ2) is 11.1. The van der Waals surface area contributed by atoms with Crippen LogP contribution in [0.2, 0.25) is 0 Å². The molecule has 2 N–H and O–H groups in total. The fraction of sp³-hybridized carbons (Fsp3) is 0.381. The molecule has 1 aliphatic rings. The highest BCUT2D eigenvalue weighted by atomic mass is 127. The number of guanidine groups is 1. The molecule has 1 saturated heterocycles. The largest absolute Gasteiger partial charge is 0.352 e. The Hall–Kier alpha value is -2.25. The summed E-state index contributed by atoms with van der Waals surface area (Å²) in [4.78, 5) is 4.58. The Morgan fingerprint density at radius 2 is 1.72 bits per heavy atom. The van der Waals surface area contributed by atoms with E-state index in [2.05, 4.69) is 25.8 Å². The van der Waals surface area contributed by atoms with Crippen molar-refractivity contribution in [2.24, 2.45) is 4.99 Å². The van der Waals surface area contributed by atoms with E-state index in [1.165, 1.54) is 0 Å². The lowest BCUT2D eigenvalue weighted by atomic mass is 10.2. The summed E-state index contributed by atoms with van der Waals surface area (Å²) in [5, 5.41) is 14.8. The third kappa shape index (κ3) is 5.56. The summed E-state index contributed by atoms with van der Waals surface area (Å²) in [6, 6.07) is 12.8. The zero-order valence-electron chi connectivity index (χ0n) is 17.9. The van der Waals surface area contributed by atoms with Crippen LogP contribution in [-0.2, 0) is 23.1 Å². The summed E-state index contributed by atoms with van der Waals surface area (Å²) >= 11 is 0. The number of aliphatic imine (C=N–C) groups is 1. The molecule has 4 rings (SSSR count). The van der Waals surface area contributed by atoms with Crippen molar-refractivity contribution in [1.29, 1.82) is 0 Å². The van der Waals surface area contributed by atoms with E-state index in [0.29, 0.717) is 37.0 Å². The first-order chi connectivity index (χ1) is 15.1. The summed E-state index contributed by atoms with van der Waals surface area (Å²) in [5.74, 6) is 1.41. The van der Waals surface area contributed by atoms with E-state index >= 15 is 0 Å². The molecule has 0 amide bonds. The Morgan fingerprint density at radius 1 is 1.00 bits per heavy atom. The molecule has 172 valence electrons. The van der Waals surface area contributed by atoms with Crippen LogP contribution in [0.25, 0.3) is 5.65 Å². The highest BCUT2D eigenvalue weighted by molar-refractivity contribution is 14.0. The third-order valence-electron chi connectivity index (χ3n) is 5.36. The number of nitrogens with one attached hydrogen (secondary N) is 2. The van der Waals surface area contributed by atoms with Gasteiger partial charge in [-0.25, -0.2) is 8.42 Å². The summed E-state index contributed by atoms with van der Waals surface area (Å²) in [7, 11) is -1.70. The van der Waals surface area contributed by atoms with E-state index in [1.54, 1.807) is 23.5 Å². The molecule has 0 unspecified atom stereocenters. The number of hydrogen-bond donors (Lipinski definition) is 2. The molecule has 32 heavy (non-hydrogen) atoms. The number of fused-ring (bicyclic) bond motifs is 1. The molecule has 3 heterocycles. The van der Waals surface area contributed by atoms with E-state index < -0.39 is 10.0 Å². The topological polar surface area (TPSA) is 104 Å². The number of pyridine rings is 1. The molecule has 11 heteroatoms. The molecule has 9 nitrogen and oxygen atoms in total. The maximum absolute atomic E-state index is 12.8. The van der Waals surface area contributed by atoms with Crippen molar-refractivity contribution in [3.8, 4) is 0 Å². The molecular formula is C21H28IN7O2S. The van der Waals surface area contributed by atoms with E-state index in [0.717, 1.165) is 36.3 Å². The zero-order chi connectivity index (χ0) is 21.7. The van der Waals surface area contributed by atoms with Gasteiger partial charge in [-0.05, 0) is 42.7 Å². The Morgan fingerprint density at radius 3 is 2.44 bits per heavy atom. The number of hydrogen-bond acceptors (Lipinski definition) is 5. The standard InChI is InChI=1S/C21H27N7O2S.HI/c1-22-21(24-16-20-26-25-19-7-3-6-14-28(19)20)23-15-17-8-10-18(11-9-17)31(29,30)27-12-4-2-5-13-27;/h3,6-11,14H,2,4-5,12-13,15-16H2,1H3,(H2,22,23,24);1H. The molecule has 0 aliphatic carbocycles. The predicted octanol–water partition coefficient (Wildman–Crippen LogP) is 2.39. The summed E-state index contributed by atoms with van der Waals surface area (Å²) in [5.41, 5.74) is 1.76. The van der Waals surface area contributed by atoms with Crippen LogP contribution in [0.15, 0.2) is 58.5 Å². The summed E-state index contributed by atoms with van der Waals surface area (Å²) < 4.78 is 29.0. The number of sulfonamides is 1. The SMILES string of the molecule is CN=C(NCc1ccc(S(=O)(=O)N2CCCCC2)cc1)NCc1nnc2ccccn12.I. The monoisotopic (exact) mass is 569 g/mol. The van der Waals surface area contributed by atoms with Crippen LogP contribution >= 0.6 is 24.0 Å². The van der Waals surface area contributed by atoms with Crippen LogP contribution in [-0.4, -0.2) is 53.4 Å². The van der Waals surface area contributed by atoms with Gasteiger partial charge in [0.2, 0.25) is 10.0 Å². The van der Waals surface area contributed by atoms with Crippen molar-refractivity contribution >= 4 is 45.6 Å². The average molecular weight is 569 g/mol. The third-order valence-corrected chi connectivity index (χ3v) is 7.27. The van der Waals surface area contributed by atoms with Gasteiger partial charge in [-0.2, -0.15) is 4.31 Å². The van der Waals surface area contributed by atoms with Crippen LogP contribution in [0.5, 0.6) is 0 Å². The summed E-state index contributed by atoms with van der Waals surface area (Å²) in [6.07, 6.45) is 4.87. The van der Waals surface area contributed by atoms with Crippen LogP contribution in [0, 0.1) is 0 Å². The number of piperidine rings is 1. The van der Waals surface area contributed by atoms with E-state index in [-0.39, 0.29) is 24.0 Å². The molecule has 0 saturated carbocycles. The predicted molar refractivity (Wildman–Crippen MR) is 134 cm³/mol. The lowest BCUT2D eigenvalue weighted by molar-refractivity contribution is 0.346. The molecule has 1 aliphatic heterocycles. The van der Waals surface area contributed by atoms with Gasteiger partial charge in [-0.3, -0.25) is 9.39 Å². The lowest BCUT2D eigenvalue weighted by Gasteiger charge is -2.25. The van der Waals surface area contributed by atoms with Crippen molar-refractivity contribution < 1.29 is 8.42 Å². The van der Waals surface area contributed by atoms with E-state index in [1.807, 2.05) is 40.9 Å². The number of nitrogens with zero attached hydrogens (tertiary/aromatic N) is 5. The molecule has 0 atom stereocenters. The molecule has 2 aromatic heterocycles. The van der Waals surface area contributed by atoms with Gasteiger partial charge in [0.15, 0.2) is 17.4 Å². The first kappa shape index (κ1) is 24.4. The van der Waals surface area contributed by atoms with Crippen molar-refractivity contribution in [2.45, 2.75) is 37.2 Å². The molecular weight excluding hydrogens is 541 g/mol. The number of benzene rings is 1. The molecule has 0 bridgehead atoms. The first-order valence-corrected chi connectivity index (χ1v) is 11.8. The molecule has 0 spiro atoms. The maximum atomic E-state index is 12.8. The van der Waals surface area contributed by atoms with E-state index in [9.17, 15) is 8.42 Å². The molecule has 3 aromatic rings. The van der Waals surface area contributed by atoms with Crippen molar-refractivity contribution in [3.05, 3.63) is 60.0 Å². The Balaban J connectivity index is 0.00000289. The Labute approximate surface area is 205 Å². The highest BCUT2D eigenvalue weighted by Gasteiger charge is 2.25. The molecule has 1 fully saturated rings. The van der Waals surface area contributed by atoms with Gasteiger partial charge >= 0.3 is 0 Å². The first-order valence-electron chi connectivity index (χ1n) is 10.4. The van der Waals surface area contributed by atoms with Crippen molar-refractivity contribution in [2.75, 3.05) is 20.1 Å². The Kier molecular flexibility index (Phi) is 8.43. The Bertz CT molecular complexity index is 1160. The van der Waals surface area contributed by atoms with Gasteiger partial charge in [-0.15, -0.1) is 34.2 Å². The quantitative estimate of drug-likeness (QED) is 0.269. The summed E-state index contributed by atoms with van der Waals surface area (Å²) in [6.45, 7) is 2.20. The number of halogens is 1. The number of rotatable bonds is 6. The van der Waals surface area contributed by atoms with Crippen LogP contribution in [0.4, 0.5) is 0 Å². The van der Waals surface area contributed by atoms with Gasteiger partial charge in [0.1, 0.15) is 0 Å². The normalized spacial score (nSPS) is 15.3. The second-order valence-electron chi connectivity index (χ2n) is 7.43. The van der Waals surface area contributed by atoms with Gasteiger partial charge in [0.25, 0.3) is 0 Å². The second-order valence-corrected chi connectivity index (χ2v) is 9.37. The minimum atomic E-state index is -3.40. The lowest BCUT2D eigenvalue weighted by Crippen LogP contribution is -2.37. The van der Waals surface area contributed by atoms with Gasteiger partial charge in [-0.1, -0.05) is 24.6 Å². The molecule has 1 aromatic carbocycles. The van der Waals surface area contributed by atoms with Gasteiger partial charge < -0.3 is 10.6 Å². The van der Waals surface area contributed by atoms with Crippen LogP contribution in [0.3, 0.4) is 0 Å². The smallest absolute Gasteiger partial charge is 0.243 e. The molecule has 0 radical (unpaired) electrons.